The topological polar surface area (TPSA) is 49.8 Å². The van der Waals surface area contributed by atoms with Crippen LogP contribution in [0.15, 0.2) is 24.3 Å². The number of rotatable bonds is 6. The van der Waals surface area contributed by atoms with Crippen molar-refractivity contribution in [3.05, 3.63) is 29.8 Å². The zero-order valence-corrected chi connectivity index (χ0v) is 12.0. The molecule has 1 saturated heterocycles. The van der Waals surface area contributed by atoms with Gasteiger partial charge in [-0.15, -0.1) is 0 Å². The van der Waals surface area contributed by atoms with Crippen molar-refractivity contribution in [2.45, 2.75) is 32.3 Å². The minimum absolute atomic E-state index is 0.0774. The summed E-state index contributed by atoms with van der Waals surface area (Å²) < 4.78 is 5.57. The van der Waals surface area contributed by atoms with E-state index < -0.39 is 0 Å². The zero-order valence-electron chi connectivity index (χ0n) is 12.0. The van der Waals surface area contributed by atoms with E-state index in [2.05, 4.69) is 4.90 Å². The number of nitrogens with zero attached hydrogens (tertiary/aromatic N) is 1. The van der Waals surface area contributed by atoms with Crippen molar-refractivity contribution in [2.24, 2.45) is 0 Å². The number of hydrogen-bond donors (Lipinski definition) is 1. The molecule has 0 unspecified atom stereocenters. The van der Waals surface area contributed by atoms with Gasteiger partial charge in [0.25, 0.3) is 0 Å². The van der Waals surface area contributed by atoms with Gasteiger partial charge in [0.05, 0.1) is 19.3 Å². The molecule has 1 aliphatic heterocycles. The van der Waals surface area contributed by atoms with Crippen LogP contribution in [0.2, 0.25) is 0 Å². The first-order valence-corrected chi connectivity index (χ1v) is 7.36. The van der Waals surface area contributed by atoms with Gasteiger partial charge in [-0.2, -0.15) is 0 Å². The molecule has 1 aromatic rings. The third-order valence-corrected chi connectivity index (χ3v) is 3.75. The lowest BCUT2D eigenvalue weighted by Gasteiger charge is -2.34. The highest BCUT2D eigenvalue weighted by molar-refractivity contribution is 6.01. The summed E-state index contributed by atoms with van der Waals surface area (Å²) in [4.78, 5) is 14.3. The van der Waals surface area contributed by atoms with Crippen molar-refractivity contribution in [1.29, 1.82) is 0 Å². The first-order valence-electron chi connectivity index (χ1n) is 7.36. The number of carbonyl (C=O) groups excluding carboxylic acids is 1. The summed E-state index contributed by atoms with van der Waals surface area (Å²) in [5.74, 6) is 0.194. The molecule has 4 nitrogen and oxygen atoms in total. The van der Waals surface area contributed by atoms with Gasteiger partial charge in [-0.1, -0.05) is 19.1 Å². The molecular weight excluding hydrogens is 254 g/mol. The second-order valence-corrected chi connectivity index (χ2v) is 5.07. The number of benzene rings is 1. The predicted molar refractivity (Wildman–Crippen MR) is 79.3 cm³/mol. The van der Waals surface area contributed by atoms with Gasteiger partial charge in [-0.05, 0) is 25.0 Å². The van der Waals surface area contributed by atoms with Gasteiger partial charge in [0.2, 0.25) is 0 Å². The molecule has 0 atom stereocenters. The van der Waals surface area contributed by atoms with Crippen LogP contribution >= 0.6 is 0 Å². The average Bonchev–Trinajstić information content (AvgIpc) is 2.52. The Morgan fingerprint density at radius 1 is 1.35 bits per heavy atom. The van der Waals surface area contributed by atoms with E-state index in [1.54, 1.807) is 0 Å². The molecule has 0 radical (unpaired) electrons. The highest BCUT2D eigenvalue weighted by Gasteiger charge is 2.22. The molecule has 1 aromatic carbocycles. The third kappa shape index (κ3) is 3.58. The molecule has 0 aliphatic carbocycles. The highest BCUT2D eigenvalue weighted by Crippen LogP contribution is 2.26. The quantitative estimate of drug-likeness (QED) is 0.810. The van der Waals surface area contributed by atoms with Crippen molar-refractivity contribution in [2.75, 3.05) is 31.2 Å². The van der Waals surface area contributed by atoms with E-state index >= 15 is 0 Å². The predicted octanol–water partition coefficient (Wildman–Crippen LogP) is 2.26. The molecule has 2 rings (SSSR count). The van der Waals surface area contributed by atoms with E-state index in [1.807, 2.05) is 31.2 Å². The van der Waals surface area contributed by atoms with Gasteiger partial charge in [0, 0.05) is 30.8 Å². The SMILES string of the molecule is CCC(=O)c1ccccc1N1CCC(OCCO)CC1. The van der Waals surface area contributed by atoms with Crippen molar-refractivity contribution in [3.8, 4) is 0 Å². The van der Waals surface area contributed by atoms with E-state index in [1.165, 1.54) is 0 Å². The van der Waals surface area contributed by atoms with Crippen LogP contribution in [0.25, 0.3) is 0 Å². The lowest BCUT2D eigenvalue weighted by Crippen LogP contribution is -2.38. The fraction of sp³-hybridized carbons (Fsp3) is 0.562. The third-order valence-electron chi connectivity index (χ3n) is 3.75. The van der Waals surface area contributed by atoms with E-state index in [-0.39, 0.29) is 18.5 Å². The van der Waals surface area contributed by atoms with Crippen molar-refractivity contribution in [3.63, 3.8) is 0 Å². The minimum Gasteiger partial charge on any atom is -0.394 e. The van der Waals surface area contributed by atoms with Gasteiger partial charge in [0.15, 0.2) is 5.78 Å². The summed E-state index contributed by atoms with van der Waals surface area (Å²) in [6.07, 6.45) is 2.64. The lowest BCUT2D eigenvalue weighted by molar-refractivity contribution is 0.0159. The smallest absolute Gasteiger partial charge is 0.164 e. The number of aliphatic hydroxyl groups is 1. The zero-order chi connectivity index (χ0) is 14.4. The van der Waals surface area contributed by atoms with Crippen LogP contribution in [0.1, 0.15) is 36.5 Å². The van der Waals surface area contributed by atoms with Gasteiger partial charge in [0.1, 0.15) is 0 Å². The van der Waals surface area contributed by atoms with Crippen LogP contribution < -0.4 is 4.90 Å². The van der Waals surface area contributed by atoms with E-state index in [0.29, 0.717) is 13.0 Å². The number of para-hydroxylation sites is 1. The fourth-order valence-electron chi connectivity index (χ4n) is 2.66. The molecule has 0 bridgehead atoms. The molecule has 1 fully saturated rings. The summed E-state index contributed by atoms with van der Waals surface area (Å²) in [5.41, 5.74) is 1.87. The maximum absolute atomic E-state index is 12.0. The minimum atomic E-state index is 0.0774. The number of piperidine rings is 1. The van der Waals surface area contributed by atoms with Crippen molar-refractivity contribution >= 4 is 11.5 Å². The van der Waals surface area contributed by atoms with E-state index in [0.717, 1.165) is 37.2 Å². The first-order chi connectivity index (χ1) is 9.76. The van der Waals surface area contributed by atoms with Crippen LogP contribution in [0, 0.1) is 0 Å². The highest BCUT2D eigenvalue weighted by atomic mass is 16.5. The normalized spacial score (nSPS) is 16.4. The van der Waals surface area contributed by atoms with E-state index in [4.69, 9.17) is 9.84 Å². The Hall–Kier alpha value is -1.39. The standard InChI is InChI=1S/C16H23NO3/c1-2-16(19)14-5-3-4-6-15(14)17-9-7-13(8-10-17)20-12-11-18/h3-6,13,18H,2,7-12H2,1H3. The molecule has 0 spiro atoms. The molecule has 1 N–H and O–H groups in total. The van der Waals surface area contributed by atoms with E-state index in [9.17, 15) is 4.79 Å². The second kappa shape index (κ2) is 7.41. The molecule has 110 valence electrons. The lowest BCUT2D eigenvalue weighted by atomic mass is 10.0. The summed E-state index contributed by atoms with van der Waals surface area (Å²) in [6.45, 7) is 4.17. The van der Waals surface area contributed by atoms with Gasteiger partial charge < -0.3 is 14.7 Å². The van der Waals surface area contributed by atoms with Gasteiger partial charge >= 0.3 is 0 Å². The van der Waals surface area contributed by atoms with Crippen LogP contribution in [0.4, 0.5) is 5.69 Å². The van der Waals surface area contributed by atoms with Crippen molar-refractivity contribution < 1.29 is 14.6 Å². The monoisotopic (exact) mass is 277 g/mol. The average molecular weight is 277 g/mol. The Morgan fingerprint density at radius 2 is 2.05 bits per heavy atom. The summed E-state index contributed by atoms with van der Waals surface area (Å²) in [7, 11) is 0. The number of ketones is 1. The molecule has 0 aromatic heterocycles. The van der Waals surface area contributed by atoms with Crippen molar-refractivity contribution in [1.82, 2.24) is 0 Å². The molecule has 1 heterocycles. The number of anilines is 1. The Labute approximate surface area is 120 Å². The largest absolute Gasteiger partial charge is 0.394 e. The number of aliphatic hydroxyl groups excluding tert-OH is 1. The fourth-order valence-corrected chi connectivity index (χ4v) is 2.66. The molecule has 20 heavy (non-hydrogen) atoms. The van der Waals surface area contributed by atoms with Crippen LogP contribution in [0.5, 0.6) is 0 Å². The van der Waals surface area contributed by atoms with Crippen LogP contribution in [-0.4, -0.2) is 43.3 Å². The molecule has 0 amide bonds. The van der Waals surface area contributed by atoms with Gasteiger partial charge in [-0.3, -0.25) is 4.79 Å². The number of Topliss-reactive ketones (excluding diaryl/α,β-unsaturated/α-hetero) is 1. The maximum Gasteiger partial charge on any atom is 0.164 e. The Bertz CT molecular complexity index is 439. The Kier molecular flexibility index (Phi) is 5.56. The van der Waals surface area contributed by atoms with Crippen LogP contribution in [-0.2, 0) is 4.74 Å². The Morgan fingerprint density at radius 3 is 2.70 bits per heavy atom. The molecular formula is C16H23NO3. The van der Waals surface area contributed by atoms with Gasteiger partial charge in [-0.25, -0.2) is 0 Å². The molecule has 4 heteroatoms. The maximum atomic E-state index is 12.0. The number of hydrogen-bond acceptors (Lipinski definition) is 4. The molecule has 0 saturated carbocycles. The summed E-state index contributed by atoms with van der Waals surface area (Å²) in [5, 5.41) is 8.78. The molecule has 1 aliphatic rings. The Balaban J connectivity index is 2.02. The summed E-state index contributed by atoms with van der Waals surface area (Å²) >= 11 is 0. The first kappa shape index (κ1) is 15.0. The number of carbonyl (C=O) groups is 1. The second-order valence-electron chi connectivity index (χ2n) is 5.07. The van der Waals surface area contributed by atoms with Crippen LogP contribution in [0.3, 0.4) is 0 Å². The summed E-state index contributed by atoms with van der Waals surface area (Å²) in [6, 6.07) is 7.84. The number of ether oxygens (including phenoxy) is 1.